The minimum Gasteiger partial charge on any atom is -0.461 e. The molecule has 0 atom stereocenters. The molecule has 6 rings (SSSR count). The molecule has 1 aliphatic carbocycles. The molecule has 1 amide bonds. The first-order valence-corrected chi connectivity index (χ1v) is 12.6. The van der Waals surface area contributed by atoms with Gasteiger partial charge in [-0.1, -0.05) is 22.9 Å². The van der Waals surface area contributed by atoms with E-state index in [4.69, 9.17) is 16.3 Å². The Kier molecular flexibility index (Phi) is 6.07. The molecule has 1 N–H and O–H groups in total. The normalized spacial score (nSPS) is 13.3. The van der Waals surface area contributed by atoms with Crippen LogP contribution in [0, 0.1) is 5.82 Å². The Balaban J connectivity index is 1.22. The molecule has 5 aromatic rings. The average molecular weight is 536 g/mol. The van der Waals surface area contributed by atoms with Gasteiger partial charge in [0.2, 0.25) is 0 Å². The summed E-state index contributed by atoms with van der Waals surface area (Å²) in [5.41, 5.74) is 3.78. The molecule has 0 spiro atoms. The van der Waals surface area contributed by atoms with Crippen molar-refractivity contribution in [1.29, 1.82) is 0 Å². The topological polar surface area (TPSA) is 108 Å². The first-order valence-electron chi connectivity index (χ1n) is 12.2. The van der Waals surface area contributed by atoms with E-state index in [-0.39, 0.29) is 35.9 Å². The monoisotopic (exact) mass is 535 g/mol. The number of rotatable bonds is 8. The second-order valence-electron chi connectivity index (χ2n) is 9.18. The highest BCUT2D eigenvalue weighted by Gasteiger charge is 2.26. The van der Waals surface area contributed by atoms with Gasteiger partial charge >= 0.3 is 5.97 Å². The molecule has 0 aliphatic heterocycles. The number of aromatic nitrogens is 6. The van der Waals surface area contributed by atoms with Crippen LogP contribution in [0.15, 0.2) is 49.2 Å². The van der Waals surface area contributed by atoms with Crippen molar-refractivity contribution in [2.45, 2.75) is 38.8 Å². The molecule has 1 aliphatic rings. The number of ether oxygens (including phenoxy) is 1. The summed E-state index contributed by atoms with van der Waals surface area (Å²) in [6.45, 7) is 2.20. The van der Waals surface area contributed by atoms with Crippen LogP contribution in [-0.2, 0) is 17.8 Å². The molecule has 194 valence electrons. The Morgan fingerprint density at radius 3 is 2.87 bits per heavy atom. The SMILES string of the molecule is CCOC(=O)c1c(Cn2cc(C(=O)NCc3ncn4ccc(Cl)c(F)c34)nn2)cc2ccc(C3CC3)cn12. The molecular weight excluding hydrogens is 513 g/mol. The van der Waals surface area contributed by atoms with Crippen molar-refractivity contribution in [3.63, 3.8) is 0 Å². The maximum absolute atomic E-state index is 14.5. The smallest absolute Gasteiger partial charge is 0.355 e. The van der Waals surface area contributed by atoms with Crippen LogP contribution in [0.4, 0.5) is 4.39 Å². The van der Waals surface area contributed by atoms with Crippen molar-refractivity contribution >= 4 is 34.5 Å². The van der Waals surface area contributed by atoms with Crippen LogP contribution in [0.5, 0.6) is 0 Å². The van der Waals surface area contributed by atoms with Gasteiger partial charge in [-0.15, -0.1) is 5.10 Å². The number of esters is 1. The minimum atomic E-state index is -0.608. The number of nitrogens with zero attached hydrogens (tertiary/aromatic N) is 6. The number of carbonyl (C=O) groups excluding carboxylic acids is 2. The lowest BCUT2D eigenvalue weighted by molar-refractivity contribution is 0.0516. The molecule has 0 bridgehead atoms. The van der Waals surface area contributed by atoms with Gasteiger partial charge in [-0.25, -0.2) is 18.9 Å². The van der Waals surface area contributed by atoms with E-state index in [9.17, 15) is 14.0 Å². The zero-order valence-corrected chi connectivity index (χ0v) is 21.2. The van der Waals surface area contributed by atoms with Crippen molar-refractivity contribution in [2.75, 3.05) is 6.61 Å². The average Bonchev–Trinajstić information content (AvgIpc) is 3.34. The Morgan fingerprint density at radius 2 is 2.08 bits per heavy atom. The fourth-order valence-corrected chi connectivity index (χ4v) is 4.72. The van der Waals surface area contributed by atoms with Gasteiger partial charge in [0.1, 0.15) is 11.2 Å². The highest BCUT2D eigenvalue weighted by Crippen LogP contribution is 2.40. The molecule has 38 heavy (non-hydrogen) atoms. The van der Waals surface area contributed by atoms with Crippen LogP contribution in [-0.4, -0.2) is 47.3 Å². The predicted octanol–water partition coefficient (Wildman–Crippen LogP) is 4.00. The number of hydrogen-bond donors (Lipinski definition) is 1. The van der Waals surface area contributed by atoms with E-state index in [0.29, 0.717) is 22.9 Å². The number of imidazole rings is 1. The largest absolute Gasteiger partial charge is 0.461 e. The molecule has 0 aromatic carbocycles. The summed E-state index contributed by atoms with van der Waals surface area (Å²) in [4.78, 5) is 29.8. The third kappa shape index (κ3) is 4.38. The third-order valence-electron chi connectivity index (χ3n) is 6.58. The van der Waals surface area contributed by atoms with Crippen LogP contribution in [0.3, 0.4) is 0 Å². The van der Waals surface area contributed by atoms with Gasteiger partial charge in [-0.2, -0.15) is 0 Å². The summed E-state index contributed by atoms with van der Waals surface area (Å²) in [7, 11) is 0. The lowest BCUT2D eigenvalue weighted by atomic mass is 10.2. The number of pyridine rings is 2. The molecule has 0 saturated heterocycles. The fourth-order valence-electron chi connectivity index (χ4n) is 4.57. The molecular formula is C26H23ClFN7O3. The van der Waals surface area contributed by atoms with E-state index in [1.807, 2.05) is 22.7 Å². The van der Waals surface area contributed by atoms with Crippen molar-refractivity contribution in [1.82, 2.24) is 34.1 Å². The van der Waals surface area contributed by atoms with E-state index in [2.05, 4.69) is 26.7 Å². The van der Waals surface area contributed by atoms with Crippen LogP contribution >= 0.6 is 11.6 Å². The first-order chi connectivity index (χ1) is 18.4. The number of nitrogens with one attached hydrogen (secondary N) is 1. The number of fused-ring (bicyclic) bond motifs is 2. The standard InChI is InChI=1S/C26H23ClFN7O3/c1-2-38-26(37)23-17(9-18-6-5-16(12-35(18)23)15-3-4-15)11-34-13-21(31-32-34)25(36)29-10-20-24-22(28)19(27)7-8-33(24)14-30-20/h5-9,12-15H,2-4,10-11H2,1H3,(H,29,36). The maximum Gasteiger partial charge on any atom is 0.355 e. The van der Waals surface area contributed by atoms with Gasteiger partial charge in [-0.3, -0.25) is 4.79 Å². The summed E-state index contributed by atoms with van der Waals surface area (Å²) < 4.78 is 24.6. The van der Waals surface area contributed by atoms with E-state index in [1.54, 1.807) is 13.1 Å². The molecule has 5 aromatic heterocycles. The Morgan fingerprint density at radius 1 is 1.24 bits per heavy atom. The van der Waals surface area contributed by atoms with Crippen molar-refractivity contribution in [3.8, 4) is 0 Å². The lowest BCUT2D eigenvalue weighted by Crippen LogP contribution is -2.23. The number of carbonyl (C=O) groups is 2. The summed E-state index contributed by atoms with van der Waals surface area (Å²) in [5, 5.41) is 10.7. The summed E-state index contributed by atoms with van der Waals surface area (Å²) in [6, 6.07) is 7.43. The first kappa shape index (κ1) is 24.1. The van der Waals surface area contributed by atoms with Crippen LogP contribution in [0.2, 0.25) is 5.02 Å². The van der Waals surface area contributed by atoms with E-state index in [1.165, 1.54) is 33.2 Å². The molecule has 1 fully saturated rings. The van der Waals surface area contributed by atoms with Crippen molar-refractivity contribution < 1.29 is 18.7 Å². The quantitative estimate of drug-likeness (QED) is 0.301. The van der Waals surface area contributed by atoms with E-state index >= 15 is 0 Å². The van der Waals surface area contributed by atoms with E-state index in [0.717, 1.165) is 18.4 Å². The van der Waals surface area contributed by atoms with Gasteiger partial charge in [0.05, 0.1) is 42.9 Å². The molecule has 12 heteroatoms. The maximum atomic E-state index is 14.5. The minimum absolute atomic E-state index is 0.0271. The molecule has 10 nitrogen and oxygen atoms in total. The third-order valence-corrected chi connectivity index (χ3v) is 6.87. The lowest BCUT2D eigenvalue weighted by Gasteiger charge is -2.07. The summed E-state index contributed by atoms with van der Waals surface area (Å²) in [5.74, 6) is -0.997. The van der Waals surface area contributed by atoms with Gasteiger partial charge in [0, 0.05) is 23.5 Å². The Labute approximate surface area is 221 Å². The Hall–Kier alpha value is -4.25. The Bertz CT molecular complexity index is 1700. The summed E-state index contributed by atoms with van der Waals surface area (Å²) in [6.07, 6.45) is 8.83. The number of amides is 1. The molecule has 5 heterocycles. The van der Waals surface area contributed by atoms with E-state index < -0.39 is 17.7 Å². The summed E-state index contributed by atoms with van der Waals surface area (Å²) >= 11 is 5.89. The van der Waals surface area contributed by atoms with Crippen LogP contribution < -0.4 is 5.32 Å². The van der Waals surface area contributed by atoms with Crippen LogP contribution in [0.1, 0.15) is 63.5 Å². The predicted molar refractivity (Wildman–Crippen MR) is 136 cm³/mol. The molecule has 1 saturated carbocycles. The number of halogens is 2. The molecule has 0 radical (unpaired) electrons. The zero-order chi connectivity index (χ0) is 26.4. The second kappa shape index (κ2) is 9.56. The van der Waals surface area contributed by atoms with Gasteiger partial charge < -0.3 is 18.9 Å². The van der Waals surface area contributed by atoms with Gasteiger partial charge in [0.15, 0.2) is 11.5 Å². The van der Waals surface area contributed by atoms with Crippen molar-refractivity contribution in [3.05, 3.63) is 88.2 Å². The van der Waals surface area contributed by atoms with Gasteiger partial charge in [-0.05, 0) is 49.4 Å². The van der Waals surface area contributed by atoms with Gasteiger partial charge in [0.25, 0.3) is 5.91 Å². The fraction of sp³-hybridized carbons (Fsp3) is 0.269. The second-order valence-corrected chi connectivity index (χ2v) is 9.59. The highest BCUT2D eigenvalue weighted by atomic mass is 35.5. The molecule has 0 unspecified atom stereocenters. The highest BCUT2D eigenvalue weighted by molar-refractivity contribution is 6.31. The number of hydrogen-bond acceptors (Lipinski definition) is 6. The van der Waals surface area contributed by atoms with Crippen LogP contribution in [0.25, 0.3) is 11.0 Å². The van der Waals surface area contributed by atoms with Crippen molar-refractivity contribution in [2.24, 2.45) is 0 Å². The zero-order valence-electron chi connectivity index (χ0n) is 20.4.